The summed E-state index contributed by atoms with van der Waals surface area (Å²) < 4.78 is 0.556. The van der Waals surface area contributed by atoms with Crippen LogP contribution in [0.4, 0.5) is 0 Å². The first-order valence-electron chi connectivity index (χ1n) is 5.23. The summed E-state index contributed by atoms with van der Waals surface area (Å²) in [6.07, 6.45) is 2.30. The average molecular weight is 286 g/mol. The van der Waals surface area contributed by atoms with Gasteiger partial charge in [-0.25, -0.2) is 0 Å². The zero-order chi connectivity index (χ0) is 11.4. The molecule has 2 atom stereocenters. The molecule has 84 valence electrons. The molecule has 2 aliphatic rings. The molecule has 17 heavy (non-hydrogen) atoms. The molecule has 2 aliphatic carbocycles. The van der Waals surface area contributed by atoms with Gasteiger partial charge < -0.3 is 35.3 Å². The Morgan fingerprint density at radius 2 is 1.82 bits per heavy atom. The minimum Gasteiger partial charge on any atom is -0.807 e. The number of nitrogens with two attached hydrogens (primary N) is 1. The maximum Gasteiger partial charge on any atom is 1.00 e. The van der Waals surface area contributed by atoms with Crippen molar-refractivity contribution in [2.75, 3.05) is 0 Å². The van der Waals surface area contributed by atoms with Gasteiger partial charge in [-0.1, -0.05) is 26.3 Å². The smallest absolute Gasteiger partial charge is 0.807 e. The number of hydrazone groups is 1. The van der Waals surface area contributed by atoms with Gasteiger partial charge in [-0.15, -0.1) is 0 Å². The molecule has 2 saturated carbocycles. The largest absolute Gasteiger partial charge is 1.00 e. The van der Waals surface area contributed by atoms with E-state index in [-0.39, 0.29) is 69.9 Å². The SMILES string of the molecule is CC12CCC(C(=C([S-])[S-])/C1=N\N)C2(C)C.[Na+].[Na+]. The van der Waals surface area contributed by atoms with Crippen molar-refractivity contribution in [1.82, 2.24) is 0 Å². The minimum absolute atomic E-state index is 0. The van der Waals surface area contributed by atoms with Gasteiger partial charge in [0.2, 0.25) is 0 Å². The molecule has 0 saturated heterocycles. The Kier molecular flexibility index (Phi) is 6.54. The number of hydrogen-bond donors (Lipinski definition) is 1. The summed E-state index contributed by atoms with van der Waals surface area (Å²) in [6, 6.07) is 0. The molecular formula is C11H16N2Na2S2. The van der Waals surface area contributed by atoms with Gasteiger partial charge >= 0.3 is 59.1 Å². The van der Waals surface area contributed by atoms with E-state index >= 15 is 0 Å². The minimum atomic E-state index is 0. The Bertz CT molecular complexity index is 376. The molecule has 2 rings (SSSR count). The van der Waals surface area contributed by atoms with Gasteiger partial charge in [-0.3, -0.25) is 0 Å². The Morgan fingerprint density at radius 3 is 2.18 bits per heavy atom. The van der Waals surface area contributed by atoms with Crippen molar-refractivity contribution in [3.05, 3.63) is 9.81 Å². The van der Waals surface area contributed by atoms with E-state index in [1.165, 1.54) is 0 Å². The molecule has 0 aliphatic heterocycles. The molecule has 0 aromatic carbocycles. The van der Waals surface area contributed by atoms with Gasteiger partial charge in [0.25, 0.3) is 0 Å². The van der Waals surface area contributed by atoms with E-state index in [1.54, 1.807) is 0 Å². The molecule has 0 spiro atoms. The van der Waals surface area contributed by atoms with Crippen molar-refractivity contribution in [3.8, 4) is 0 Å². The van der Waals surface area contributed by atoms with Gasteiger partial charge in [-0.2, -0.15) is 5.10 Å². The van der Waals surface area contributed by atoms with Crippen LogP contribution in [0.1, 0.15) is 33.6 Å². The van der Waals surface area contributed by atoms with Crippen LogP contribution in [0, 0.1) is 16.7 Å². The van der Waals surface area contributed by atoms with Crippen molar-refractivity contribution in [2.45, 2.75) is 33.6 Å². The van der Waals surface area contributed by atoms with Crippen molar-refractivity contribution in [3.63, 3.8) is 0 Å². The van der Waals surface area contributed by atoms with E-state index < -0.39 is 0 Å². The number of nitrogens with zero attached hydrogens (tertiary/aromatic N) is 1. The second-order valence-corrected chi connectivity index (χ2v) is 6.40. The molecule has 2 unspecified atom stereocenters. The molecule has 0 heterocycles. The normalized spacial score (nSPS) is 35.4. The van der Waals surface area contributed by atoms with E-state index in [9.17, 15) is 0 Å². The van der Waals surface area contributed by atoms with E-state index in [0.717, 1.165) is 24.1 Å². The molecule has 2 bridgehead atoms. The standard InChI is InChI=1S/C11H18N2S2.2Na/c1-10(2)6-4-5-11(10,3)8(13-12)7(6)9(14)15;;/h6,14-15H,4-5,12H2,1-3H3;;/q;2*+1/p-2/b13-8+;;. The van der Waals surface area contributed by atoms with Crippen LogP contribution in [0.25, 0.3) is 0 Å². The number of hydrogen-bond acceptors (Lipinski definition) is 4. The zero-order valence-electron chi connectivity index (χ0n) is 11.3. The molecule has 0 aromatic heterocycles. The average Bonchev–Trinajstić information content (AvgIpc) is 2.46. The maximum atomic E-state index is 5.52. The van der Waals surface area contributed by atoms with E-state index in [2.05, 4.69) is 25.9 Å². The van der Waals surface area contributed by atoms with Crippen LogP contribution in [0.3, 0.4) is 0 Å². The third-order valence-electron chi connectivity index (χ3n) is 4.70. The Balaban J connectivity index is 0.00000128. The van der Waals surface area contributed by atoms with Crippen LogP contribution in [-0.2, 0) is 25.3 Å². The Hall–Kier alpha value is 1.65. The first-order chi connectivity index (χ1) is 6.86. The fourth-order valence-electron chi connectivity index (χ4n) is 3.34. The van der Waals surface area contributed by atoms with Crippen molar-refractivity contribution >= 4 is 31.0 Å². The third-order valence-corrected chi connectivity index (χ3v) is 5.14. The molecular weight excluding hydrogens is 270 g/mol. The summed E-state index contributed by atoms with van der Waals surface area (Å²) in [5, 5.41) is 3.97. The first-order valence-corrected chi connectivity index (χ1v) is 6.05. The van der Waals surface area contributed by atoms with Gasteiger partial charge in [-0.05, 0) is 24.2 Å². The van der Waals surface area contributed by atoms with Crippen molar-refractivity contribution < 1.29 is 59.1 Å². The summed E-state index contributed by atoms with van der Waals surface area (Å²) in [4.78, 5) is 0. The topological polar surface area (TPSA) is 38.4 Å². The maximum absolute atomic E-state index is 5.52. The molecule has 6 heteroatoms. The van der Waals surface area contributed by atoms with Gasteiger partial charge in [0.15, 0.2) is 0 Å². The predicted molar refractivity (Wildman–Crippen MR) is 68.0 cm³/mol. The fraction of sp³-hybridized carbons (Fsp3) is 0.727. The van der Waals surface area contributed by atoms with Crippen LogP contribution in [0.2, 0.25) is 0 Å². The van der Waals surface area contributed by atoms with Crippen LogP contribution in [0.5, 0.6) is 0 Å². The molecule has 2 N–H and O–H groups in total. The second kappa shape index (κ2) is 5.96. The van der Waals surface area contributed by atoms with Gasteiger partial charge in [0.1, 0.15) is 0 Å². The molecule has 2 fully saturated rings. The van der Waals surface area contributed by atoms with Crippen molar-refractivity contribution in [2.24, 2.45) is 27.7 Å². The summed E-state index contributed by atoms with van der Waals surface area (Å²) in [5.74, 6) is 5.97. The van der Waals surface area contributed by atoms with Gasteiger partial charge in [0.05, 0.1) is 5.71 Å². The zero-order valence-corrected chi connectivity index (χ0v) is 17.0. The third kappa shape index (κ3) is 2.38. The Morgan fingerprint density at radius 1 is 1.29 bits per heavy atom. The summed E-state index contributed by atoms with van der Waals surface area (Å²) >= 11 is 10.3. The van der Waals surface area contributed by atoms with Crippen LogP contribution < -0.4 is 65.0 Å². The van der Waals surface area contributed by atoms with Gasteiger partial charge in [0, 0.05) is 5.41 Å². The predicted octanol–water partition coefficient (Wildman–Crippen LogP) is -3.93. The van der Waals surface area contributed by atoms with E-state index in [0.29, 0.717) is 10.2 Å². The summed E-state index contributed by atoms with van der Waals surface area (Å²) in [6.45, 7) is 6.78. The Labute approximate surface area is 159 Å². The van der Waals surface area contributed by atoms with Crippen LogP contribution in [0.15, 0.2) is 14.9 Å². The quantitative estimate of drug-likeness (QED) is 0.214. The molecule has 0 aromatic rings. The van der Waals surface area contributed by atoms with Crippen LogP contribution in [-0.4, -0.2) is 5.71 Å². The molecule has 0 amide bonds. The number of fused-ring (bicyclic) bond motifs is 2. The van der Waals surface area contributed by atoms with E-state index in [1.807, 2.05) is 0 Å². The monoisotopic (exact) mass is 286 g/mol. The fourth-order valence-corrected chi connectivity index (χ4v) is 3.82. The first kappa shape index (κ1) is 18.7. The van der Waals surface area contributed by atoms with Crippen LogP contribution >= 0.6 is 0 Å². The number of allylic oxidation sites excluding steroid dienone is 1. The molecule has 0 radical (unpaired) electrons. The van der Waals surface area contributed by atoms with Crippen molar-refractivity contribution in [1.29, 1.82) is 0 Å². The second-order valence-electron chi connectivity index (χ2n) is 5.32. The summed E-state index contributed by atoms with van der Waals surface area (Å²) in [5.41, 5.74) is 2.28. The molecule has 2 nitrogen and oxygen atoms in total. The van der Waals surface area contributed by atoms with E-state index in [4.69, 9.17) is 31.1 Å². The summed E-state index contributed by atoms with van der Waals surface area (Å²) in [7, 11) is 0. The number of rotatable bonds is 0.